The molecule has 0 aliphatic carbocycles. The van der Waals surface area contributed by atoms with E-state index in [4.69, 9.17) is 4.74 Å². The van der Waals surface area contributed by atoms with Crippen LogP contribution in [0, 0.1) is 0 Å². The minimum Gasteiger partial charge on any atom is -0.443 e. The van der Waals surface area contributed by atoms with E-state index in [0.717, 1.165) is 18.4 Å². The third kappa shape index (κ3) is 6.17. The smallest absolute Gasteiger partial charge is 0.421 e. The van der Waals surface area contributed by atoms with Gasteiger partial charge in [0.25, 0.3) is 5.91 Å². The molecule has 0 bridgehead atoms. The summed E-state index contributed by atoms with van der Waals surface area (Å²) in [6.45, 7) is 8.20. The number of anilines is 1. The average molecular weight is 423 g/mol. The number of unbranched alkanes of at least 4 members (excludes halogenated alkanes) is 2. The van der Waals surface area contributed by atoms with Gasteiger partial charge in [-0.15, -0.1) is 0 Å². The topological polar surface area (TPSA) is 58.6 Å². The Hall–Kier alpha value is -2.66. The van der Waals surface area contributed by atoms with Crippen molar-refractivity contribution in [1.29, 1.82) is 0 Å². The summed E-state index contributed by atoms with van der Waals surface area (Å²) in [6.07, 6.45) is 4.40. The maximum atomic E-state index is 13.5. The lowest BCUT2D eigenvalue weighted by Crippen LogP contribution is -2.52. The second-order valence-corrected chi connectivity index (χ2v) is 9.18. The quantitative estimate of drug-likeness (QED) is 0.633. The molecule has 3 rings (SSSR count). The SMILES string of the molecule is CCCCCc1ccc(N(C(=O)OC(C)(C)C)C(=O)[C@@H]2Cc3ccccc3CN2)cc1. The number of imide groups is 1. The van der Waals surface area contributed by atoms with Crippen molar-refractivity contribution < 1.29 is 14.3 Å². The Labute approximate surface area is 185 Å². The molecule has 0 aromatic heterocycles. The van der Waals surface area contributed by atoms with E-state index in [1.807, 2.05) is 42.5 Å². The number of nitrogens with one attached hydrogen (secondary N) is 1. The highest BCUT2D eigenvalue weighted by Gasteiger charge is 2.35. The zero-order valence-electron chi connectivity index (χ0n) is 19.1. The minimum absolute atomic E-state index is 0.289. The van der Waals surface area contributed by atoms with Crippen molar-refractivity contribution in [2.75, 3.05) is 4.90 Å². The highest BCUT2D eigenvalue weighted by atomic mass is 16.6. The van der Waals surface area contributed by atoms with Crippen LogP contribution in [0.1, 0.15) is 63.6 Å². The molecule has 0 saturated carbocycles. The first kappa shape index (κ1) is 23.0. The van der Waals surface area contributed by atoms with Gasteiger partial charge < -0.3 is 10.1 Å². The number of hydrogen-bond acceptors (Lipinski definition) is 4. The first-order valence-electron chi connectivity index (χ1n) is 11.2. The van der Waals surface area contributed by atoms with Crippen molar-refractivity contribution in [3.8, 4) is 0 Å². The monoisotopic (exact) mass is 422 g/mol. The van der Waals surface area contributed by atoms with E-state index in [1.54, 1.807) is 20.8 Å². The Kier molecular flexibility index (Phi) is 7.50. The van der Waals surface area contributed by atoms with Crippen molar-refractivity contribution in [1.82, 2.24) is 5.32 Å². The van der Waals surface area contributed by atoms with Gasteiger partial charge in [-0.25, -0.2) is 9.69 Å². The fourth-order valence-corrected chi connectivity index (χ4v) is 3.81. The molecule has 2 amide bonds. The largest absolute Gasteiger partial charge is 0.443 e. The Balaban J connectivity index is 1.83. The number of nitrogens with zero attached hydrogens (tertiary/aromatic N) is 1. The molecule has 5 heteroatoms. The molecular formula is C26H34N2O3. The maximum absolute atomic E-state index is 13.5. The summed E-state index contributed by atoms with van der Waals surface area (Å²) in [5.41, 5.74) is 3.38. The summed E-state index contributed by atoms with van der Waals surface area (Å²) < 4.78 is 5.58. The summed E-state index contributed by atoms with van der Waals surface area (Å²) in [7, 11) is 0. The van der Waals surface area contributed by atoms with E-state index < -0.39 is 17.7 Å². The molecule has 1 atom stereocenters. The van der Waals surface area contributed by atoms with Gasteiger partial charge in [-0.3, -0.25) is 4.79 Å². The molecule has 0 fully saturated rings. The van der Waals surface area contributed by atoms with Gasteiger partial charge in [-0.05, 0) is 68.9 Å². The van der Waals surface area contributed by atoms with E-state index in [9.17, 15) is 9.59 Å². The highest BCUT2D eigenvalue weighted by Crippen LogP contribution is 2.24. The van der Waals surface area contributed by atoms with Gasteiger partial charge in [0.05, 0.1) is 11.7 Å². The Morgan fingerprint density at radius 1 is 1.03 bits per heavy atom. The van der Waals surface area contributed by atoms with E-state index in [-0.39, 0.29) is 5.91 Å². The number of amides is 2. The summed E-state index contributed by atoms with van der Waals surface area (Å²) in [4.78, 5) is 27.7. The Morgan fingerprint density at radius 3 is 2.35 bits per heavy atom. The van der Waals surface area contributed by atoms with Crippen LogP contribution < -0.4 is 10.2 Å². The molecular weight excluding hydrogens is 388 g/mol. The van der Waals surface area contributed by atoms with Crippen LogP contribution in [0.5, 0.6) is 0 Å². The van der Waals surface area contributed by atoms with E-state index in [0.29, 0.717) is 18.7 Å². The Morgan fingerprint density at radius 2 is 1.71 bits per heavy atom. The second-order valence-electron chi connectivity index (χ2n) is 9.18. The average Bonchev–Trinajstić information content (AvgIpc) is 2.73. The standard InChI is InChI=1S/C26H34N2O3/c1-5-6-7-10-19-13-15-22(16-14-19)28(25(30)31-26(2,3)4)24(29)23-17-20-11-8-9-12-21(20)18-27-23/h8-9,11-16,23,27H,5-7,10,17-18H2,1-4H3/t23-/m0/s1. The van der Waals surface area contributed by atoms with Gasteiger partial charge in [0.2, 0.25) is 0 Å². The van der Waals surface area contributed by atoms with E-state index in [2.05, 4.69) is 18.3 Å². The predicted molar refractivity (Wildman–Crippen MR) is 124 cm³/mol. The molecule has 166 valence electrons. The minimum atomic E-state index is -0.692. The summed E-state index contributed by atoms with van der Waals surface area (Å²) in [6, 6.07) is 15.3. The van der Waals surface area contributed by atoms with Gasteiger partial charge in [0.1, 0.15) is 5.60 Å². The van der Waals surface area contributed by atoms with Crippen molar-refractivity contribution in [3.63, 3.8) is 0 Å². The van der Waals surface area contributed by atoms with Crippen molar-refractivity contribution in [3.05, 3.63) is 65.2 Å². The normalized spacial score (nSPS) is 15.8. The lowest BCUT2D eigenvalue weighted by Gasteiger charge is -2.31. The van der Waals surface area contributed by atoms with Crippen molar-refractivity contribution >= 4 is 17.7 Å². The highest BCUT2D eigenvalue weighted by molar-refractivity contribution is 6.14. The number of ether oxygens (including phenoxy) is 1. The van der Waals surface area contributed by atoms with Gasteiger partial charge >= 0.3 is 6.09 Å². The third-order valence-corrected chi connectivity index (χ3v) is 5.44. The molecule has 31 heavy (non-hydrogen) atoms. The van der Waals surface area contributed by atoms with Gasteiger partial charge in [0, 0.05) is 6.54 Å². The first-order valence-corrected chi connectivity index (χ1v) is 11.2. The number of benzene rings is 2. The Bertz CT molecular complexity index is 900. The molecule has 0 unspecified atom stereocenters. The van der Waals surface area contributed by atoms with Crippen molar-refractivity contribution in [2.24, 2.45) is 0 Å². The van der Waals surface area contributed by atoms with Crippen LogP contribution >= 0.6 is 0 Å². The maximum Gasteiger partial charge on any atom is 0.421 e. The zero-order valence-corrected chi connectivity index (χ0v) is 19.1. The molecule has 0 saturated heterocycles. The lowest BCUT2D eigenvalue weighted by atomic mass is 9.95. The molecule has 0 spiro atoms. The summed E-state index contributed by atoms with van der Waals surface area (Å²) in [5, 5.41) is 3.29. The predicted octanol–water partition coefficient (Wildman–Crippen LogP) is 5.40. The summed E-state index contributed by atoms with van der Waals surface area (Å²) in [5.74, 6) is -0.289. The van der Waals surface area contributed by atoms with Crippen LogP contribution in [0.25, 0.3) is 0 Å². The third-order valence-electron chi connectivity index (χ3n) is 5.44. The van der Waals surface area contributed by atoms with Crippen LogP contribution in [-0.4, -0.2) is 23.6 Å². The molecule has 5 nitrogen and oxygen atoms in total. The number of hydrogen-bond donors (Lipinski definition) is 1. The van der Waals surface area contributed by atoms with Crippen LogP contribution in [0.3, 0.4) is 0 Å². The fourth-order valence-electron chi connectivity index (χ4n) is 3.81. The fraction of sp³-hybridized carbons (Fsp3) is 0.462. The van der Waals surface area contributed by atoms with E-state index in [1.165, 1.54) is 28.9 Å². The van der Waals surface area contributed by atoms with Crippen LogP contribution in [0.4, 0.5) is 10.5 Å². The second kappa shape index (κ2) is 10.1. The zero-order chi connectivity index (χ0) is 22.4. The summed E-state index contributed by atoms with van der Waals surface area (Å²) >= 11 is 0. The van der Waals surface area contributed by atoms with Crippen LogP contribution in [0.15, 0.2) is 48.5 Å². The molecule has 2 aromatic carbocycles. The number of aryl methyl sites for hydroxylation is 1. The molecule has 1 N–H and O–H groups in total. The van der Waals surface area contributed by atoms with Gasteiger partial charge in [0.15, 0.2) is 0 Å². The van der Waals surface area contributed by atoms with Gasteiger partial charge in [-0.1, -0.05) is 56.2 Å². The van der Waals surface area contributed by atoms with E-state index >= 15 is 0 Å². The van der Waals surface area contributed by atoms with Crippen LogP contribution in [0.2, 0.25) is 0 Å². The molecule has 1 aliphatic heterocycles. The molecule has 2 aromatic rings. The molecule has 0 radical (unpaired) electrons. The molecule has 1 aliphatic rings. The van der Waals surface area contributed by atoms with Gasteiger partial charge in [-0.2, -0.15) is 0 Å². The van der Waals surface area contributed by atoms with Crippen molar-refractivity contribution in [2.45, 2.75) is 78.0 Å². The van der Waals surface area contributed by atoms with Crippen LogP contribution in [-0.2, 0) is 28.9 Å². The lowest BCUT2D eigenvalue weighted by molar-refractivity contribution is -0.120. The molecule has 1 heterocycles. The number of fused-ring (bicyclic) bond motifs is 1. The number of carbonyl (C=O) groups is 2. The number of carbonyl (C=O) groups excluding carboxylic acids is 2. The number of rotatable bonds is 6. The first-order chi connectivity index (χ1) is 14.8.